The summed E-state index contributed by atoms with van der Waals surface area (Å²) in [6.45, 7) is 7.88. The van der Waals surface area contributed by atoms with Gasteiger partial charge in [-0.2, -0.15) is 0 Å². The summed E-state index contributed by atoms with van der Waals surface area (Å²) in [5.41, 5.74) is 5.11. The van der Waals surface area contributed by atoms with Crippen molar-refractivity contribution in [3.63, 3.8) is 0 Å². The Hall–Kier alpha value is -3.12. The Morgan fingerprint density at radius 1 is 0.903 bits per heavy atom. The van der Waals surface area contributed by atoms with Gasteiger partial charge in [-0.3, -0.25) is 9.10 Å². The minimum Gasteiger partial charge on any atom is -0.346 e. The number of amides is 1. The SMILES string of the molecule is Cc1ccc(S(=O)(=O)N(C)c2cccc(C(=O)NC(C)c3cc(C)ccc3C)c2)cc1. The molecule has 3 aromatic carbocycles. The molecule has 0 aliphatic carbocycles. The second-order valence-corrected chi connectivity index (χ2v) is 9.86. The van der Waals surface area contributed by atoms with Crippen LogP contribution < -0.4 is 9.62 Å². The van der Waals surface area contributed by atoms with Crippen molar-refractivity contribution in [3.8, 4) is 0 Å². The molecule has 5 nitrogen and oxygen atoms in total. The number of rotatable bonds is 6. The highest BCUT2D eigenvalue weighted by molar-refractivity contribution is 7.92. The van der Waals surface area contributed by atoms with E-state index < -0.39 is 10.0 Å². The lowest BCUT2D eigenvalue weighted by Crippen LogP contribution is -2.29. The number of nitrogens with one attached hydrogen (secondary N) is 1. The first-order valence-corrected chi connectivity index (χ1v) is 11.6. The number of nitrogens with zero attached hydrogens (tertiary/aromatic N) is 1. The van der Waals surface area contributed by atoms with E-state index in [0.29, 0.717) is 11.3 Å². The van der Waals surface area contributed by atoms with Crippen molar-refractivity contribution in [1.82, 2.24) is 5.32 Å². The maximum atomic E-state index is 13.0. The van der Waals surface area contributed by atoms with Gasteiger partial charge in [0.15, 0.2) is 0 Å². The van der Waals surface area contributed by atoms with Crippen LogP contribution in [0.4, 0.5) is 5.69 Å². The second kappa shape index (κ2) is 8.94. The zero-order chi connectivity index (χ0) is 22.8. The molecule has 0 saturated heterocycles. The van der Waals surface area contributed by atoms with Gasteiger partial charge in [0.25, 0.3) is 15.9 Å². The van der Waals surface area contributed by atoms with E-state index >= 15 is 0 Å². The second-order valence-electron chi connectivity index (χ2n) is 7.89. The number of carbonyl (C=O) groups is 1. The zero-order valence-electron chi connectivity index (χ0n) is 18.5. The Morgan fingerprint density at radius 3 is 2.23 bits per heavy atom. The maximum absolute atomic E-state index is 13.0. The monoisotopic (exact) mass is 436 g/mol. The van der Waals surface area contributed by atoms with Crippen LogP contribution in [-0.4, -0.2) is 21.4 Å². The molecule has 0 saturated carbocycles. The van der Waals surface area contributed by atoms with Crippen molar-refractivity contribution in [1.29, 1.82) is 0 Å². The van der Waals surface area contributed by atoms with E-state index in [2.05, 4.69) is 11.4 Å². The molecule has 1 atom stereocenters. The van der Waals surface area contributed by atoms with Crippen LogP contribution in [0.1, 0.15) is 45.6 Å². The lowest BCUT2D eigenvalue weighted by Gasteiger charge is -2.21. The van der Waals surface area contributed by atoms with E-state index in [1.807, 2.05) is 39.8 Å². The van der Waals surface area contributed by atoms with Crippen molar-refractivity contribution in [2.75, 3.05) is 11.4 Å². The highest BCUT2D eigenvalue weighted by Gasteiger charge is 2.22. The summed E-state index contributed by atoms with van der Waals surface area (Å²) in [4.78, 5) is 13.1. The van der Waals surface area contributed by atoms with Crippen LogP contribution in [-0.2, 0) is 10.0 Å². The van der Waals surface area contributed by atoms with Gasteiger partial charge in [0.05, 0.1) is 16.6 Å². The number of anilines is 1. The molecule has 1 unspecified atom stereocenters. The van der Waals surface area contributed by atoms with Crippen LogP contribution in [0.2, 0.25) is 0 Å². The van der Waals surface area contributed by atoms with Crippen molar-refractivity contribution >= 4 is 21.6 Å². The summed E-state index contributed by atoms with van der Waals surface area (Å²) < 4.78 is 27.2. The van der Waals surface area contributed by atoms with E-state index in [-0.39, 0.29) is 16.8 Å². The Bertz CT molecular complexity index is 1200. The van der Waals surface area contributed by atoms with Crippen LogP contribution >= 0.6 is 0 Å². The molecule has 3 rings (SSSR count). The van der Waals surface area contributed by atoms with E-state index in [9.17, 15) is 13.2 Å². The molecule has 0 radical (unpaired) electrons. The molecular formula is C25H28N2O3S. The largest absolute Gasteiger partial charge is 0.346 e. The molecule has 6 heteroatoms. The van der Waals surface area contributed by atoms with Gasteiger partial charge in [0.1, 0.15) is 0 Å². The smallest absolute Gasteiger partial charge is 0.264 e. The highest BCUT2D eigenvalue weighted by atomic mass is 32.2. The summed E-state index contributed by atoms with van der Waals surface area (Å²) in [5.74, 6) is -0.253. The Kier molecular flexibility index (Phi) is 6.51. The number of benzene rings is 3. The molecule has 0 fully saturated rings. The van der Waals surface area contributed by atoms with Crippen molar-refractivity contribution < 1.29 is 13.2 Å². The molecule has 1 N–H and O–H groups in total. The first-order chi connectivity index (χ1) is 14.6. The molecular weight excluding hydrogens is 408 g/mol. The molecule has 0 heterocycles. The fourth-order valence-electron chi connectivity index (χ4n) is 3.43. The topological polar surface area (TPSA) is 66.5 Å². The molecule has 1 amide bonds. The fourth-order valence-corrected chi connectivity index (χ4v) is 4.62. The van der Waals surface area contributed by atoms with Gasteiger partial charge >= 0.3 is 0 Å². The Balaban J connectivity index is 1.83. The predicted molar refractivity (Wildman–Crippen MR) is 125 cm³/mol. The number of hydrogen-bond donors (Lipinski definition) is 1. The average molecular weight is 437 g/mol. The molecule has 162 valence electrons. The lowest BCUT2D eigenvalue weighted by molar-refractivity contribution is 0.0940. The fraction of sp³-hybridized carbons (Fsp3) is 0.240. The van der Waals surface area contributed by atoms with Crippen LogP contribution in [0.5, 0.6) is 0 Å². The third-order valence-corrected chi connectivity index (χ3v) is 7.20. The van der Waals surface area contributed by atoms with E-state index in [1.165, 1.54) is 11.4 Å². The standard InChI is InChI=1S/C25H28N2O3S/c1-17-10-13-23(14-11-17)31(29,30)27(5)22-8-6-7-21(16-22)25(28)26-20(4)24-15-18(2)9-12-19(24)3/h6-16,20H,1-5H3,(H,26,28). The quantitative estimate of drug-likeness (QED) is 0.596. The number of sulfonamides is 1. The summed E-state index contributed by atoms with van der Waals surface area (Å²) in [6.07, 6.45) is 0. The zero-order valence-corrected chi connectivity index (χ0v) is 19.3. The van der Waals surface area contributed by atoms with E-state index in [0.717, 1.165) is 22.3 Å². The van der Waals surface area contributed by atoms with Gasteiger partial charge in [0.2, 0.25) is 0 Å². The summed E-state index contributed by atoms with van der Waals surface area (Å²) in [5, 5.41) is 3.02. The number of aryl methyl sites for hydroxylation is 3. The molecule has 0 bridgehead atoms. The van der Waals surface area contributed by atoms with E-state index in [4.69, 9.17) is 0 Å². The first-order valence-electron chi connectivity index (χ1n) is 10.1. The Morgan fingerprint density at radius 2 is 1.55 bits per heavy atom. The minimum atomic E-state index is -3.73. The van der Waals surface area contributed by atoms with Gasteiger partial charge < -0.3 is 5.32 Å². The van der Waals surface area contributed by atoms with Gasteiger partial charge in [0, 0.05) is 12.6 Å². The minimum absolute atomic E-state index is 0.176. The summed E-state index contributed by atoms with van der Waals surface area (Å²) in [6, 6.07) is 19.3. The summed E-state index contributed by atoms with van der Waals surface area (Å²) in [7, 11) is -2.24. The van der Waals surface area contributed by atoms with Crippen molar-refractivity contribution in [2.24, 2.45) is 0 Å². The molecule has 0 spiro atoms. The van der Waals surface area contributed by atoms with Crippen LogP contribution in [0, 0.1) is 20.8 Å². The summed E-state index contributed by atoms with van der Waals surface area (Å²) >= 11 is 0. The molecule has 0 aromatic heterocycles. The predicted octanol–water partition coefficient (Wildman–Crippen LogP) is 4.93. The van der Waals surface area contributed by atoms with Gasteiger partial charge in [-0.05, 0) is 69.2 Å². The van der Waals surface area contributed by atoms with Crippen molar-refractivity contribution in [2.45, 2.75) is 38.6 Å². The first kappa shape index (κ1) is 22.6. The van der Waals surface area contributed by atoms with Gasteiger partial charge in [-0.15, -0.1) is 0 Å². The number of carbonyl (C=O) groups excluding carboxylic acids is 1. The maximum Gasteiger partial charge on any atom is 0.264 e. The van der Waals surface area contributed by atoms with Crippen molar-refractivity contribution in [3.05, 3.63) is 94.5 Å². The van der Waals surface area contributed by atoms with Crippen LogP contribution in [0.15, 0.2) is 71.6 Å². The molecule has 3 aromatic rings. The molecule has 0 aliphatic heterocycles. The van der Waals surface area contributed by atoms with Gasteiger partial charge in [-0.25, -0.2) is 8.42 Å². The van der Waals surface area contributed by atoms with E-state index in [1.54, 1.807) is 48.5 Å². The third kappa shape index (κ3) is 4.97. The molecule has 31 heavy (non-hydrogen) atoms. The van der Waals surface area contributed by atoms with Gasteiger partial charge in [-0.1, -0.05) is 47.5 Å². The normalized spacial score (nSPS) is 12.3. The van der Waals surface area contributed by atoms with Crippen LogP contribution in [0.3, 0.4) is 0 Å². The highest BCUT2D eigenvalue weighted by Crippen LogP contribution is 2.24. The molecule has 0 aliphatic rings. The third-order valence-electron chi connectivity index (χ3n) is 5.40. The average Bonchev–Trinajstić information content (AvgIpc) is 2.75. The lowest BCUT2D eigenvalue weighted by atomic mass is 9.99. The Labute approximate surface area is 184 Å². The van der Waals surface area contributed by atoms with Crippen LogP contribution in [0.25, 0.3) is 0 Å². The number of hydrogen-bond acceptors (Lipinski definition) is 3.